The molecular formula is C19H29N5O3. The Morgan fingerprint density at radius 1 is 1.26 bits per heavy atom. The van der Waals surface area contributed by atoms with Gasteiger partial charge in [-0.15, -0.1) is 0 Å². The van der Waals surface area contributed by atoms with Crippen LogP contribution < -0.4 is 5.56 Å². The highest BCUT2D eigenvalue weighted by Gasteiger charge is 2.33. The van der Waals surface area contributed by atoms with Gasteiger partial charge in [0.2, 0.25) is 11.8 Å². The zero-order valence-electron chi connectivity index (χ0n) is 16.5. The molecule has 1 fully saturated rings. The van der Waals surface area contributed by atoms with E-state index in [1.807, 2.05) is 30.8 Å². The van der Waals surface area contributed by atoms with E-state index in [4.69, 9.17) is 4.98 Å². The number of likely N-dealkylation sites (tertiary alicyclic amines) is 1. The normalized spacial score (nSPS) is 19.5. The van der Waals surface area contributed by atoms with E-state index in [2.05, 4.69) is 4.98 Å². The number of rotatable bonds is 5. The largest absolute Gasteiger partial charge is 0.337 e. The smallest absolute Gasteiger partial charge is 0.256 e. The van der Waals surface area contributed by atoms with E-state index < -0.39 is 0 Å². The lowest BCUT2D eigenvalue weighted by molar-refractivity contribution is -0.133. The van der Waals surface area contributed by atoms with Crippen LogP contribution in [0, 0.1) is 0 Å². The fourth-order valence-corrected chi connectivity index (χ4v) is 3.89. The molecule has 3 rings (SSSR count). The lowest BCUT2D eigenvalue weighted by Crippen LogP contribution is -2.43. The number of amides is 2. The molecule has 2 aliphatic heterocycles. The monoisotopic (exact) mass is 375 g/mol. The summed E-state index contributed by atoms with van der Waals surface area (Å²) in [5, 5.41) is 0. The van der Waals surface area contributed by atoms with Crippen molar-refractivity contribution in [2.75, 3.05) is 33.7 Å². The SMILES string of the molecule is CCCC(=O)N1CCC[C@H]1c1nc2c(c(=O)[nH]1)CN(C(=O)CN(C)C)CC2. The van der Waals surface area contributed by atoms with E-state index in [1.54, 1.807) is 4.90 Å². The van der Waals surface area contributed by atoms with Gasteiger partial charge in [0.05, 0.1) is 30.4 Å². The molecule has 27 heavy (non-hydrogen) atoms. The number of H-pyrrole nitrogens is 1. The molecule has 3 heterocycles. The third-order valence-electron chi connectivity index (χ3n) is 5.24. The summed E-state index contributed by atoms with van der Waals surface area (Å²) in [6, 6.07) is -0.143. The third kappa shape index (κ3) is 4.21. The Labute approximate surface area is 159 Å². The van der Waals surface area contributed by atoms with E-state index in [9.17, 15) is 14.4 Å². The Bertz CT molecular complexity index is 773. The van der Waals surface area contributed by atoms with Crippen LogP contribution in [0.5, 0.6) is 0 Å². The van der Waals surface area contributed by atoms with Crippen LogP contribution in [0.4, 0.5) is 0 Å². The van der Waals surface area contributed by atoms with Gasteiger partial charge in [-0.1, -0.05) is 6.92 Å². The molecule has 8 nitrogen and oxygen atoms in total. The maximum absolute atomic E-state index is 12.7. The summed E-state index contributed by atoms with van der Waals surface area (Å²) in [6.45, 7) is 3.91. The molecule has 2 amide bonds. The number of aromatic nitrogens is 2. The zero-order chi connectivity index (χ0) is 19.6. The fourth-order valence-electron chi connectivity index (χ4n) is 3.89. The molecule has 1 aromatic rings. The minimum absolute atomic E-state index is 0.0151. The maximum atomic E-state index is 12.7. The van der Waals surface area contributed by atoms with Crippen molar-refractivity contribution in [1.82, 2.24) is 24.7 Å². The summed E-state index contributed by atoms with van der Waals surface area (Å²) < 4.78 is 0. The number of nitrogens with one attached hydrogen (secondary N) is 1. The minimum Gasteiger partial charge on any atom is -0.337 e. The molecule has 1 saturated heterocycles. The Morgan fingerprint density at radius 2 is 2.04 bits per heavy atom. The predicted octanol–water partition coefficient (Wildman–Crippen LogP) is 0.680. The van der Waals surface area contributed by atoms with E-state index in [0.29, 0.717) is 43.9 Å². The van der Waals surface area contributed by atoms with Crippen molar-refractivity contribution in [3.8, 4) is 0 Å². The molecule has 8 heteroatoms. The molecular weight excluding hydrogens is 346 g/mol. The van der Waals surface area contributed by atoms with Crippen LogP contribution in [0.1, 0.15) is 55.7 Å². The highest BCUT2D eigenvalue weighted by Crippen LogP contribution is 2.30. The molecule has 1 aromatic heterocycles. The lowest BCUT2D eigenvalue weighted by atomic mass is 10.1. The topological polar surface area (TPSA) is 89.6 Å². The first-order chi connectivity index (χ1) is 12.9. The van der Waals surface area contributed by atoms with Crippen molar-refractivity contribution >= 4 is 11.8 Å². The van der Waals surface area contributed by atoms with Crippen LogP contribution >= 0.6 is 0 Å². The lowest BCUT2D eigenvalue weighted by Gasteiger charge is -2.30. The zero-order valence-corrected chi connectivity index (χ0v) is 16.5. The summed E-state index contributed by atoms with van der Waals surface area (Å²) >= 11 is 0. The first-order valence-corrected chi connectivity index (χ1v) is 9.74. The number of likely N-dealkylation sites (N-methyl/N-ethyl adjacent to an activating group) is 1. The molecule has 148 valence electrons. The summed E-state index contributed by atoms with van der Waals surface area (Å²) in [7, 11) is 3.70. The molecule has 2 aliphatic rings. The third-order valence-corrected chi connectivity index (χ3v) is 5.24. The van der Waals surface area contributed by atoms with Gasteiger partial charge in [-0.3, -0.25) is 14.4 Å². The second kappa shape index (κ2) is 8.21. The van der Waals surface area contributed by atoms with Gasteiger partial charge >= 0.3 is 0 Å². The Kier molecular flexibility index (Phi) is 5.94. The Balaban J connectivity index is 1.81. The van der Waals surface area contributed by atoms with E-state index >= 15 is 0 Å². The van der Waals surface area contributed by atoms with E-state index in [1.165, 1.54) is 0 Å². The molecule has 0 saturated carbocycles. The van der Waals surface area contributed by atoms with Gasteiger partial charge in [0.25, 0.3) is 5.56 Å². The number of aromatic amines is 1. The number of carbonyl (C=O) groups excluding carboxylic acids is 2. The van der Waals surface area contributed by atoms with E-state index in [-0.39, 0.29) is 23.4 Å². The van der Waals surface area contributed by atoms with Gasteiger partial charge in [0.1, 0.15) is 5.82 Å². The van der Waals surface area contributed by atoms with Crippen molar-refractivity contribution in [3.05, 3.63) is 27.4 Å². The average Bonchev–Trinajstić information content (AvgIpc) is 3.11. The van der Waals surface area contributed by atoms with Crippen LogP contribution in [0.3, 0.4) is 0 Å². The number of hydrogen-bond acceptors (Lipinski definition) is 5. The Morgan fingerprint density at radius 3 is 2.74 bits per heavy atom. The molecule has 1 N–H and O–H groups in total. The summed E-state index contributed by atoms with van der Waals surface area (Å²) in [4.78, 5) is 50.3. The highest BCUT2D eigenvalue weighted by molar-refractivity contribution is 5.78. The number of fused-ring (bicyclic) bond motifs is 1. The molecule has 0 aliphatic carbocycles. The standard InChI is InChI=1S/C19H29N5O3/c1-4-6-16(25)24-9-5-7-15(24)18-20-14-8-10-23(17(26)12-22(2)3)11-13(14)19(27)21-18/h15H,4-12H2,1-3H3,(H,20,21,27)/t15-/m0/s1. The molecule has 0 bridgehead atoms. The maximum Gasteiger partial charge on any atom is 0.256 e. The highest BCUT2D eigenvalue weighted by atomic mass is 16.2. The van der Waals surface area contributed by atoms with Crippen molar-refractivity contribution in [2.24, 2.45) is 0 Å². The minimum atomic E-state index is -0.188. The van der Waals surface area contributed by atoms with Gasteiger partial charge in [-0.25, -0.2) is 4.98 Å². The van der Waals surface area contributed by atoms with Gasteiger partial charge in [0, 0.05) is 25.9 Å². The van der Waals surface area contributed by atoms with Crippen molar-refractivity contribution < 1.29 is 9.59 Å². The van der Waals surface area contributed by atoms with Gasteiger partial charge in [-0.2, -0.15) is 0 Å². The van der Waals surface area contributed by atoms with Crippen LogP contribution in [-0.4, -0.2) is 70.2 Å². The summed E-state index contributed by atoms with van der Waals surface area (Å²) in [5.74, 6) is 0.732. The van der Waals surface area contributed by atoms with Crippen LogP contribution in [0.15, 0.2) is 4.79 Å². The predicted molar refractivity (Wildman–Crippen MR) is 101 cm³/mol. The van der Waals surface area contributed by atoms with Crippen molar-refractivity contribution in [2.45, 2.75) is 51.6 Å². The Hall–Kier alpha value is -2.22. The molecule has 0 radical (unpaired) electrons. The average molecular weight is 375 g/mol. The number of carbonyl (C=O) groups is 2. The second-order valence-electron chi connectivity index (χ2n) is 7.67. The summed E-state index contributed by atoms with van der Waals surface area (Å²) in [6.07, 6.45) is 3.65. The first kappa shape index (κ1) is 19.5. The second-order valence-corrected chi connectivity index (χ2v) is 7.67. The van der Waals surface area contributed by atoms with Gasteiger partial charge in [-0.05, 0) is 33.4 Å². The first-order valence-electron chi connectivity index (χ1n) is 9.74. The van der Waals surface area contributed by atoms with Crippen LogP contribution in [0.2, 0.25) is 0 Å². The summed E-state index contributed by atoms with van der Waals surface area (Å²) in [5.41, 5.74) is 1.14. The fraction of sp³-hybridized carbons (Fsp3) is 0.684. The van der Waals surface area contributed by atoms with Crippen molar-refractivity contribution in [3.63, 3.8) is 0 Å². The quantitative estimate of drug-likeness (QED) is 0.817. The van der Waals surface area contributed by atoms with Crippen LogP contribution in [0.25, 0.3) is 0 Å². The molecule has 0 spiro atoms. The van der Waals surface area contributed by atoms with E-state index in [0.717, 1.165) is 31.5 Å². The molecule has 0 aromatic carbocycles. The molecule has 0 unspecified atom stereocenters. The molecule has 1 atom stereocenters. The van der Waals surface area contributed by atoms with Crippen molar-refractivity contribution in [1.29, 1.82) is 0 Å². The van der Waals surface area contributed by atoms with Gasteiger partial charge < -0.3 is 19.7 Å². The van der Waals surface area contributed by atoms with Gasteiger partial charge in [0.15, 0.2) is 0 Å². The number of nitrogens with zero attached hydrogens (tertiary/aromatic N) is 4. The number of hydrogen-bond donors (Lipinski definition) is 1. The van der Waals surface area contributed by atoms with Crippen LogP contribution in [-0.2, 0) is 22.6 Å².